The lowest BCUT2D eigenvalue weighted by atomic mass is 9.68. The minimum absolute atomic E-state index is 0.0406. The van der Waals surface area contributed by atoms with Gasteiger partial charge < -0.3 is 37.9 Å². The van der Waals surface area contributed by atoms with Crippen molar-refractivity contribution in [2.45, 2.75) is 114 Å². The highest BCUT2D eigenvalue weighted by Gasteiger charge is 2.51. The molecule has 5 aliphatic rings. The highest BCUT2D eigenvalue weighted by molar-refractivity contribution is 5.87. The molecule has 5 rings (SSSR count). The molecule has 5 fully saturated rings. The summed E-state index contributed by atoms with van der Waals surface area (Å²) in [6.07, 6.45) is 11.0. The Morgan fingerprint density at radius 2 is 0.609 bits per heavy atom. The molecule has 12 nitrogen and oxygen atoms in total. The first-order valence-electron chi connectivity index (χ1n) is 17.6. The van der Waals surface area contributed by atoms with Crippen LogP contribution in [0.15, 0.2) is 0 Å². The Balaban J connectivity index is 1.18. The van der Waals surface area contributed by atoms with E-state index in [-0.39, 0.29) is 39.3 Å². The predicted octanol–water partition coefficient (Wildman–Crippen LogP) is 3.69. The standard InChI is InChI=1S/C34H52O12/c35-31(39-13-5-1-9-23-19-43-23)27-17-29(33(37)41-15-7-3-11-25-21-45-25)30(34(38)42-16-8-4-12-26-22-46-26)18-28(27)32(36)40-14-6-2-10-24-20-44-24/h23-30H,1-22H2. The number of rotatable bonds is 24. The highest BCUT2D eigenvalue weighted by atomic mass is 16.6. The average molecular weight is 653 g/mol. The smallest absolute Gasteiger partial charge is 0.309 e. The van der Waals surface area contributed by atoms with E-state index in [9.17, 15) is 19.2 Å². The highest BCUT2D eigenvalue weighted by Crippen LogP contribution is 2.41. The van der Waals surface area contributed by atoms with Crippen molar-refractivity contribution >= 4 is 23.9 Å². The van der Waals surface area contributed by atoms with Crippen LogP contribution < -0.4 is 0 Å². The van der Waals surface area contributed by atoms with Crippen LogP contribution in [0, 0.1) is 23.7 Å². The predicted molar refractivity (Wildman–Crippen MR) is 161 cm³/mol. The summed E-state index contributed by atoms with van der Waals surface area (Å²) >= 11 is 0. The summed E-state index contributed by atoms with van der Waals surface area (Å²) in [5.41, 5.74) is 0. The van der Waals surface area contributed by atoms with Gasteiger partial charge in [-0.3, -0.25) is 19.2 Å². The second-order valence-corrected chi connectivity index (χ2v) is 13.4. The van der Waals surface area contributed by atoms with E-state index in [1.54, 1.807) is 0 Å². The van der Waals surface area contributed by atoms with E-state index in [1.165, 1.54) is 0 Å². The SMILES string of the molecule is O=C(OCCCCC1CO1)C1CC(C(=O)OCCCCC2CO2)C(C(=O)OCCCCC2CO2)CC1C(=O)OCCCCC1CO1. The van der Waals surface area contributed by atoms with Gasteiger partial charge in [0.05, 0.1) is 101 Å². The van der Waals surface area contributed by atoms with E-state index in [0.717, 1.165) is 77.8 Å². The van der Waals surface area contributed by atoms with E-state index in [4.69, 9.17) is 37.9 Å². The monoisotopic (exact) mass is 652 g/mol. The van der Waals surface area contributed by atoms with Crippen molar-refractivity contribution in [1.29, 1.82) is 0 Å². The molecule has 1 saturated carbocycles. The maximum Gasteiger partial charge on any atom is 0.309 e. The van der Waals surface area contributed by atoms with Crippen molar-refractivity contribution in [2.75, 3.05) is 52.9 Å². The molecule has 4 saturated heterocycles. The van der Waals surface area contributed by atoms with Gasteiger partial charge in [0.15, 0.2) is 0 Å². The van der Waals surface area contributed by atoms with Gasteiger partial charge in [0.2, 0.25) is 0 Å². The Bertz CT molecular complexity index is 833. The summed E-state index contributed by atoms with van der Waals surface area (Å²) in [7, 11) is 0. The van der Waals surface area contributed by atoms with Gasteiger partial charge in [0, 0.05) is 0 Å². The van der Waals surface area contributed by atoms with Crippen LogP contribution in [0.25, 0.3) is 0 Å². The zero-order chi connectivity index (χ0) is 32.1. The van der Waals surface area contributed by atoms with E-state index in [0.29, 0.717) is 50.1 Å². The van der Waals surface area contributed by atoms with Gasteiger partial charge in [-0.1, -0.05) is 0 Å². The topological polar surface area (TPSA) is 155 Å². The Kier molecular flexibility index (Phi) is 13.9. The van der Waals surface area contributed by atoms with Crippen LogP contribution >= 0.6 is 0 Å². The molecule has 0 amide bonds. The van der Waals surface area contributed by atoms with Gasteiger partial charge in [-0.15, -0.1) is 0 Å². The van der Waals surface area contributed by atoms with Crippen molar-refractivity contribution in [2.24, 2.45) is 23.7 Å². The lowest BCUT2D eigenvalue weighted by Crippen LogP contribution is -2.46. The summed E-state index contributed by atoms with van der Waals surface area (Å²) < 4.78 is 43.5. The third-order valence-corrected chi connectivity index (χ3v) is 9.47. The maximum absolute atomic E-state index is 13.4. The number of epoxide rings is 4. The van der Waals surface area contributed by atoms with Crippen LogP contribution in [0.4, 0.5) is 0 Å². The number of unbranched alkanes of at least 4 members (excludes halogenated alkanes) is 4. The molecule has 8 atom stereocenters. The average Bonchev–Trinajstić information content (AvgIpc) is 3.87. The Hall–Kier alpha value is -2.28. The normalized spacial score (nSPS) is 30.6. The molecular weight excluding hydrogens is 600 g/mol. The fraction of sp³-hybridized carbons (Fsp3) is 0.882. The van der Waals surface area contributed by atoms with Crippen LogP contribution in [0.5, 0.6) is 0 Å². The van der Waals surface area contributed by atoms with Crippen LogP contribution in [0.3, 0.4) is 0 Å². The first-order valence-corrected chi connectivity index (χ1v) is 17.6. The quantitative estimate of drug-likeness (QED) is 0.0646. The first kappa shape index (κ1) is 35.0. The van der Waals surface area contributed by atoms with Crippen molar-refractivity contribution < 1.29 is 57.1 Å². The number of hydrogen-bond acceptors (Lipinski definition) is 12. The second-order valence-electron chi connectivity index (χ2n) is 13.4. The lowest BCUT2D eigenvalue weighted by molar-refractivity contribution is -0.175. The Labute approximate surface area is 271 Å². The molecule has 0 radical (unpaired) electrons. The van der Waals surface area contributed by atoms with Gasteiger partial charge in [-0.05, 0) is 89.9 Å². The molecule has 0 aromatic carbocycles. The van der Waals surface area contributed by atoms with Crippen molar-refractivity contribution in [3.05, 3.63) is 0 Å². The van der Waals surface area contributed by atoms with Crippen LogP contribution in [-0.4, -0.2) is 101 Å². The van der Waals surface area contributed by atoms with E-state index >= 15 is 0 Å². The fourth-order valence-corrected chi connectivity index (χ4v) is 6.20. The molecule has 1 aliphatic carbocycles. The van der Waals surface area contributed by atoms with Crippen molar-refractivity contribution in [3.8, 4) is 0 Å². The van der Waals surface area contributed by atoms with Crippen molar-refractivity contribution in [1.82, 2.24) is 0 Å². The number of carbonyl (C=O) groups excluding carboxylic acids is 4. The molecule has 0 spiro atoms. The summed E-state index contributed by atoms with van der Waals surface area (Å²) in [5, 5.41) is 0. The third kappa shape index (κ3) is 12.7. The van der Waals surface area contributed by atoms with Gasteiger partial charge in [-0.2, -0.15) is 0 Å². The van der Waals surface area contributed by atoms with Gasteiger partial charge in [-0.25, -0.2) is 0 Å². The minimum atomic E-state index is -0.925. The third-order valence-electron chi connectivity index (χ3n) is 9.47. The Morgan fingerprint density at radius 1 is 0.391 bits per heavy atom. The molecule has 0 N–H and O–H groups in total. The fourth-order valence-electron chi connectivity index (χ4n) is 6.20. The maximum atomic E-state index is 13.4. The zero-order valence-electron chi connectivity index (χ0n) is 27.1. The molecule has 4 aliphatic heterocycles. The number of esters is 4. The number of carbonyl (C=O) groups is 4. The number of hydrogen-bond donors (Lipinski definition) is 0. The summed E-state index contributed by atoms with van der Waals surface area (Å²) in [5.74, 6) is -5.90. The van der Waals surface area contributed by atoms with E-state index in [2.05, 4.69) is 0 Å². The second kappa shape index (κ2) is 18.3. The Morgan fingerprint density at radius 3 is 0.804 bits per heavy atom. The molecule has 46 heavy (non-hydrogen) atoms. The minimum Gasteiger partial charge on any atom is -0.465 e. The van der Waals surface area contributed by atoms with E-state index < -0.39 is 47.5 Å². The molecule has 12 heteroatoms. The molecule has 0 bridgehead atoms. The van der Waals surface area contributed by atoms with Crippen LogP contribution in [0.2, 0.25) is 0 Å². The molecular formula is C34H52O12. The number of ether oxygens (including phenoxy) is 8. The van der Waals surface area contributed by atoms with Crippen molar-refractivity contribution in [3.63, 3.8) is 0 Å². The van der Waals surface area contributed by atoms with Crippen LogP contribution in [-0.2, 0) is 57.1 Å². The van der Waals surface area contributed by atoms with Gasteiger partial charge in [0.25, 0.3) is 0 Å². The first-order chi connectivity index (χ1) is 22.5. The molecule has 4 heterocycles. The molecule has 0 aromatic rings. The summed E-state index contributed by atoms with van der Waals surface area (Å²) in [4.78, 5) is 53.8. The lowest BCUT2D eigenvalue weighted by Gasteiger charge is -2.37. The molecule has 260 valence electrons. The van der Waals surface area contributed by atoms with Gasteiger partial charge in [0.1, 0.15) is 0 Å². The van der Waals surface area contributed by atoms with Crippen LogP contribution in [0.1, 0.15) is 89.9 Å². The summed E-state index contributed by atoms with van der Waals surface area (Å²) in [6, 6.07) is 0. The van der Waals surface area contributed by atoms with E-state index in [1.807, 2.05) is 0 Å². The largest absolute Gasteiger partial charge is 0.465 e. The molecule has 8 unspecified atom stereocenters. The zero-order valence-corrected chi connectivity index (χ0v) is 27.1. The van der Waals surface area contributed by atoms with Gasteiger partial charge >= 0.3 is 23.9 Å². The summed E-state index contributed by atoms with van der Waals surface area (Å²) in [6.45, 7) is 3.98. The molecule has 0 aromatic heterocycles.